The van der Waals surface area contributed by atoms with Gasteiger partial charge in [0.15, 0.2) is 0 Å². The van der Waals surface area contributed by atoms with Crippen LogP contribution in [0.4, 0.5) is 5.69 Å². The SMILES string of the molecule is COc1c(I)cc(I)cc1/C=C1/C(=O)NN(c2ccc(Cl)cc2)C1=O. The van der Waals surface area contributed by atoms with Crippen molar-refractivity contribution in [3.63, 3.8) is 0 Å². The average Bonchev–Trinajstić information content (AvgIpc) is 2.83. The van der Waals surface area contributed by atoms with Crippen LogP contribution in [0.3, 0.4) is 0 Å². The van der Waals surface area contributed by atoms with E-state index in [0.29, 0.717) is 22.0 Å². The summed E-state index contributed by atoms with van der Waals surface area (Å²) in [5.74, 6) is -0.266. The van der Waals surface area contributed by atoms with Crippen molar-refractivity contribution in [1.82, 2.24) is 5.43 Å². The number of hydrogen-bond acceptors (Lipinski definition) is 3. The molecule has 0 aromatic heterocycles. The van der Waals surface area contributed by atoms with Crippen LogP contribution in [0.5, 0.6) is 5.75 Å². The molecule has 128 valence electrons. The second kappa shape index (κ2) is 7.50. The highest BCUT2D eigenvalue weighted by Crippen LogP contribution is 2.31. The number of anilines is 1. The molecule has 0 unspecified atom stereocenters. The van der Waals surface area contributed by atoms with Gasteiger partial charge in [-0.3, -0.25) is 15.0 Å². The summed E-state index contributed by atoms with van der Waals surface area (Å²) in [7, 11) is 1.56. The third kappa shape index (κ3) is 3.77. The summed E-state index contributed by atoms with van der Waals surface area (Å²) in [5.41, 5.74) is 3.83. The molecule has 8 heteroatoms. The predicted octanol–water partition coefficient (Wildman–Crippen LogP) is 4.02. The molecule has 1 aliphatic rings. The maximum Gasteiger partial charge on any atom is 0.282 e. The van der Waals surface area contributed by atoms with Gasteiger partial charge in [-0.25, -0.2) is 5.01 Å². The number of methoxy groups -OCH3 is 1. The molecule has 3 rings (SSSR count). The van der Waals surface area contributed by atoms with Gasteiger partial charge in [-0.1, -0.05) is 11.6 Å². The van der Waals surface area contributed by atoms with Crippen molar-refractivity contribution in [2.45, 2.75) is 0 Å². The van der Waals surface area contributed by atoms with E-state index < -0.39 is 11.8 Å². The first-order valence-electron chi connectivity index (χ1n) is 7.06. The molecule has 2 aromatic carbocycles. The van der Waals surface area contributed by atoms with E-state index in [1.807, 2.05) is 12.1 Å². The fraction of sp³-hybridized carbons (Fsp3) is 0.0588. The van der Waals surface area contributed by atoms with Crippen molar-refractivity contribution >= 4 is 80.4 Å². The summed E-state index contributed by atoms with van der Waals surface area (Å²) in [5, 5.41) is 1.76. The van der Waals surface area contributed by atoms with Crippen LogP contribution < -0.4 is 15.2 Å². The number of carbonyl (C=O) groups excluding carboxylic acids is 2. The third-order valence-electron chi connectivity index (χ3n) is 3.52. The molecular formula is C17H11ClI2N2O3. The summed E-state index contributed by atoms with van der Waals surface area (Å²) in [6, 6.07) is 10.5. The van der Waals surface area contributed by atoms with Gasteiger partial charge in [0.1, 0.15) is 11.3 Å². The van der Waals surface area contributed by atoms with Gasteiger partial charge in [0.05, 0.1) is 16.4 Å². The van der Waals surface area contributed by atoms with Crippen molar-refractivity contribution in [1.29, 1.82) is 0 Å². The Bertz CT molecular complexity index is 898. The lowest BCUT2D eigenvalue weighted by atomic mass is 10.1. The summed E-state index contributed by atoms with van der Waals surface area (Å²) in [6.07, 6.45) is 1.55. The number of carbonyl (C=O) groups is 2. The fourth-order valence-corrected chi connectivity index (χ4v) is 4.62. The number of nitrogens with zero attached hydrogens (tertiary/aromatic N) is 1. The minimum Gasteiger partial charge on any atom is -0.495 e. The van der Waals surface area contributed by atoms with Gasteiger partial charge >= 0.3 is 0 Å². The first kappa shape index (κ1) is 18.5. The van der Waals surface area contributed by atoms with Crippen molar-refractivity contribution in [3.05, 3.63) is 59.7 Å². The normalized spacial score (nSPS) is 15.7. The van der Waals surface area contributed by atoms with Crippen LogP contribution in [0.1, 0.15) is 5.56 Å². The van der Waals surface area contributed by atoms with E-state index in [0.717, 1.165) is 7.14 Å². The number of halogens is 3. The Balaban J connectivity index is 2.01. The van der Waals surface area contributed by atoms with Crippen LogP contribution >= 0.6 is 56.8 Å². The van der Waals surface area contributed by atoms with E-state index in [2.05, 4.69) is 50.6 Å². The molecule has 0 spiro atoms. The predicted molar refractivity (Wildman–Crippen MR) is 113 cm³/mol. The zero-order chi connectivity index (χ0) is 18.1. The first-order valence-corrected chi connectivity index (χ1v) is 9.60. The lowest BCUT2D eigenvalue weighted by molar-refractivity contribution is -0.117. The molecule has 2 aromatic rings. The molecule has 0 radical (unpaired) electrons. The molecule has 0 saturated carbocycles. The molecule has 0 bridgehead atoms. The number of ether oxygens (including phenoxy) is 1. The maximum atomic E-state index is 12.7. The molecule has 5 nitrogen and oxygen atoms in total. The number of amides is 2. The highest BCUT2D eigenvalue weighted by molar-refractivity contribution is 14.1. The molecule has 1 saturated heterocycles. The van der Waals surface area contributed by atoms with E-state index in [1.165, 1.54) is 5.01 Å². The van der Waals surface area contributed by atoms with Gasteiger partial charge in [-0.05, 0) is 87.7 Å². The number of hydrazine groups is 1. The number of rotatable bonds is 3. The third-order valence-corrected chi connectivity index (χ3v) is 5.19. The lowest BCUT2D eigenvalue weighted by Gasteiger charge is -2.14. The van der Waals surface area contributed by atoms with Crippen LogP contribution in [0.15, 0.2) is 42.0 Å². The van der Waals surface area contributed by atoms with Crippen molar-refractivity contribution < 1.29 is 14.3 Å². The Kier molecular flexibility index (Phi) is 5.54. The summed E-state index contributed by atoms with van der Waals surface area (Å²) in [4.78, 5) is 25.0. The van der Waals surface area contributed by atoms with Gasteiger partial charge in [0.2, 0.25) is 0 Å². The highest BCUT2D eigenvalue weighted by Gasteiger charge is 2.34. The Morgan fingerprint density at radius 1 is 1.16 bits per heavy atom. The standard InChI is InChI=1S/C17H11ClI2N2O3/c1-25-15-9(6-11(19)8-14(15)20)7-13-16(23)21-22(17(13)24)12-4-2-10(18)3-5-12/h2-8H,1H3,(H,21,23)/b13-7-. The van der Waals surface area contributed by atoms with Crippen molar-refractivity contribution in [3.8, 4) is 5.75 Å². The first-order chi connectivity index (χ1) is 11.9. The molecular weight excluding hydrogens is 569 g/mol. The molecule has 1 heterocycles. The monoisotopic (exact) mass is 580 g/mol. The Morgan fingerprint density at radius 2 is 1.84 bits per heavy atom. The van der Waals surface area contributed by atoms with Crippen LogP contribution in [0.25, 0.3) is 6.08 Å². The lowest BCUT2D eigenvalue weighted by Crippen LogP contribution is -2.35. The van der Waals surface area contributed by atoms with Gasteiger partial charge in [0, 0.05) is 14.2 Å². The summed E-state index contributed by atoms with van der Waals surface area (Å²) >= 11 is 10.2. The Labute approximate surface area is 176 Å². The van der Waals surface area contributed by atoms with E-state index >= 15 is 0 Å². The summed E-state index contributed by atoms with van der Waals surface area (Å²) in [6.45, 7) is 0. The smallest absolute Gasteiger partial charge is 0.282 e. The largest absolute Gasteiger partial charge is 0.495 e. The zero-order valence-corrected chi connectivity index (χ0v) is 17.9. The molecule has 1 aliphatic heterocycles. The fourth-order valence-electron chi connectivity index (χ4n) is 2.39. The van der Waals surface area contributed by atoms with Gasteiger partial charge < -0.3 is 4.74 Å². The van der Waals surface area contributed by atoms with Gasteiger partial charge in [0.25, 0.3) is 11.8 Å². The summed E-state index contributed by atoms with van der Waals surface area (Å²) < 4.78 is 7.29. The van der Waals surface area contributed by atoms with Crippen molar-refractivity contribution in [2.24, 2.45) is 0 Å². The Hall–Kier alpha value is -1.33. The molecule has 2 amide bonds. The quantitative estimate of drug-likeness (QED) is 0.339. The number of hydrogen-bond donors (Lipinski definition) is 1. The highest BCUT2D eigenvalue weighted by atomic mass is 127. The van der Waals surface area contributed by atoms with E-state index in [4.69, 9.17) is 16.3 Å². The zero-order valence-electron chi connectivity index (χ0n) is 12.8. The van der Waals surface area contributed by atoms with Crippen LogP contribution in [-0.4, -0.2) is 18.9 Å². The average molecular weight is 581 g/mol. The number of nitrogens with one attached hydrogen (secondary N) is 1. The molecule has 0 aliphatic carbocycles. The van der Waals surface area contributed by atoms with Gasteiger partial charge in [-0.2, -0.15) is 0 Å². The van der Waals surface area contributed by atoms with Crippen LogP contribution in [-0.2, 0) is 9.59 Å². The maximum absolute atomic E-state index is 12.7. The van der Waals surface area contributed by atoms with Crippen LogP contribution in [0, 0.1) is 7.14 Å². The van der Waals surface area contributed by atoms with Crippen LogP contribution in [0.2, 0.25) is 5.02 Å². The second-order valence-corrected chi connectivity index (χ2v) is 7.97. The van der Waals surface area contributed by atoms with E-state index in [9.17, 15) is 9.59 Å². The number of benzene rings is 2. The molecule has 1 N–H and O–H groups in total. The van der Waals surface area contributed by atoms with Gasteiger partial charge in [-0.15, -0.1) is 0 Å². The topological polar surface area (TPSA) is 58.6 Å². The van der Waals surface area contributed by atoms with Crippen molar-refractivity contribution in [2.75, 3.05) is 12.1 Å². The minimum absolute atomic E-state index is 0.0473. The minimum atomic E-state index is -0.462. The second-order valence-electron chi connectivity index (χ2n) is 5.13. The molecule has 1 fully saturated rings. The molecule has 25 heavy (non-hydrogen) atoms. The Morgan fingerprint density at radius 3 is 2.48 bits per heavy atom. The van der Waals surface area contributed by atoms with E-state index in [1.54, 1.807) is 37.5 Å². The molecule has 0 atom stereocenters. The van der Waals surface area contributed by atoms with E-state index in [-0.39, 0.29) is 5.57 Å².